The predicted octanol–water partition coefficient (Wildman–Crippen LogP) is 4.03. The first kappa shape index (κ1) is 22.7. The molecule has 0 aliphatic rings. The molecule has 1 amide bonds. The number of carbonyl (C=O) groups is 1. The number of nitro groups is 2. The summed E-state index contributed by atoms with van der Waals surface area (Å²) in [5.41, 5.74) is 4.89. The number of nitrogens with one attached hydrogen (secondary N) is 3. The Hall–Kier alpha value is -4.03. The summed E-state index contributed by atoms with van der Waals surface area (Å²) in [5.74, 6) is -0.988. The van der Waals surface area contributed by atoms with Crippen LogP contribution in [0.15, 0.2) is 48.8 Å². The Balaban J connectivity index is 1.73. The highest BCUT2D eigenvalue weighted by Gasteiger charge is 2.24. The second-order valence-electron chi connectivity index (χ2n) is 6.20. The van der Waals surface area contributed by atoms with Crippen molar-refractivity contribution < 1.29 is 14.6 Å². The van der Waals surface area contributed by atoms with Crippen molar-refractivity contribution in [1.82, 2.24) is 15.4 Å². The summed E-state index contributed by atoms with van der Waals surface area (Å²) in [6.45, 7) is 0. The number of aromatic nitrogens is 2. The highest BCUT2D eigenvalue weighted by molar-refractivity contribution is 6.36. The van der Waals surface area contributed by atoms with Gasteiger partial charge in [-0.3, -0.25) is 35.9 Å². The molecule has 0 aliphatic carbocycles. The number of hydrogen-bond acceptors (Lipinski definition) is 9. The van der Waals surface area contributed by atoms with E-state index in [9.17, 15) is 25.0 Å². The van der Waals surface area contributed by atoms with E-state index in [-0.39, 0.29) is 28.8 Å². The van der Waals surface area contributed by atoms with Crippen molar-refractivity contribution in [2.45, 2.75) is 6.42 Å². The average Bonchev–Trinajstić information content (AvgIpc) is 2.74. The van der Waals surface area contributed by atoms with Gasteiger partial charge in [0.15, 0.2) is 0 Å². The number of rotatable bonds is 8. The molecule has 0 unspecified atom stereocenters. The molecular formula is C18H13Cl2N7O5. The highest BCUT2D eigenvalue weighted by atomic mass is 35.5. The van der Waals surface area contributed by atoms with E-state index in [2.05, 4.69) is 26.1 Å². The van der Waals surface area contributed by atoms with Crippen molar-refractivity contribution >= 4 is 57.8 Å². The Morgan fingerprint density at radius 1 is 0.969 bits per heavy atom. The molecular weight excluding hydrogens is 465 g/mol. The van der Waals surface area contributed by atoms with Gasteiger partial charge in [0.2, 0.25) is 17.5 Å². The van der Waals surface area contributed by atoms with Crippen LogP contribution in [-0.2, 0) is 11.2 Å². The largest absolute Gasteiger partial charge is 0.355 e. The number of nitro benzene ring substituents is 1. The minimum absolute atomic E-state index is 0.107. The van der Waals surface area contributed by atoms with Gasteiger partial charge in [0.1, 0.15) is 6.33 Å². The quantitative estimate of drug-likeness (QED) is 0.320. The molecule has 3 aromatic rings. The van der Waals surface area contributed by atoms with Crippen LogP contribution in [0.2, 0.25) is 10.0 Å². The van der Waals surface area contributed by atoms with Crippen molar-refractivity contribution in [1.29, 1.82) is 0 Å². The van der Waals surface area contributed by atoms with E-state index in [1.165, 1.54) is 36.4 Å². The van der Waals surface area contributed by atoms with Gasteiger partial charge >= 0.3 is 5.69 Å². The molecule has 3 N–H and O–H groups in total. The van der Waals surface area contributed by atoms with Crippen LogP contribution in [-0.4, -0.2) is 25.7 Å². The summed E-state index contributed by atoms with van der Waals surface area (Å²) in [7, 11) is 0. The van der Waals surface area contributed by atoms with Gasteiger partial charge in [0, 0.05) is 17.2 Å². The Labute approximate surface area is 189 Å². The molecule has 0 bridgehead atoms. The Kier molecular flexibility index (Phi) is 6.97. The van der Waals surface area contributed by atoms with Crippen LogP contribution in [0, 0.1) is 20.2 Å². The molecule has 2 aromatic carbocycles. The number of hydrogen-bond donors (Lipinski definition) is 3. The zero-order chi connectivity index (χ0) is 23.3. The third-order valence-corrected chi connectivity index (χ3v) is 4.57. The zero-order valence-electron chi connectivity index (χ0n) is 15.9. The zero-order valence-corrected chi connectivity index (χ0v) is 17.4. The molecule has 3 rings (SSSR count). The van der Waals surface area contributed by atoms with E-state index in [1.54, 1.807) is 6.07 Å². The van der Waals surface area contributed by atoms with E-state index in [1.807, 2.05) is 0 Å². The molecule has 0 radical (unpaired) electrons. The summed E-state index contributed by atoms with van der Waals surface area (Å²) in [6, 6.07) is 9.92. The number of carbonyl (C=O) groups excluding carboxylic acids is 1. The molecule has 0 atom stereocenters. The van der Waals surface area contributed by atoms with Crippen molar-refractivity contribution in [3.05, 3.63) is 84.6 Å². The smallest absolute Gasteiger partial charge is 0.333 e. The van der Waals surface area contributed by atoms with Gasteiger partial charge in [-0.25, -0.2) is 9.97 Å². The summed E-state index contributed by atoms with van der Waals surface area (Å²) in [4.78, 5) is 40.9. The van der Waals surface area contributed by atoms with E-state index in [4.69, 9.17) is 23.2 Å². The molecule has 12 nitrogen and oxygen atoms in total. The lowest BCUT2D eigenvalue weighted by atomic mass is 10.1. The fraction of sp³-hybridized carbons (Fsp3) is 0.0556. The molecule has 1 heterocycles. The predicted molar refractivity (Wildman–Crippen MR) is 117 cm³/mol. The van der Waals surface area contributed by atoms with E-state index >= 15 is 0 Å². The van der Waals surface area contributed by atoms with Gasteiger partial charge < -0.3 is 5.32 Å². The summed E-state index contributed by atoms with van der Waals surface area (Å²) in [6.07, 6.45) is 0.930. The second kappa shape index (κ2) is 9.85. The van der Waals surface area contributed by atoms with Crippen molar-refractivity contribution in [2.24, 2.45) is 0 Å². The maximum atomic E-state index is 12.2. The molecule has 0 aliphatic heterocycles. The molecule has 0 saturated heterocycles. The monoisotopic (exact) mass is 477 g/mol. The van der Waals surface area contributed by atoms with Crippen molar-refractivity contribution in [2.75, 3.05) is 10.7 Å². The summed E-state index contributed by atoms with van der Waals surface area (Å²) >= 11 is 11.9. The normalized spacial score (nSPS) is 10.3. The highest BCUT2D eigenvalue weighted by Crippen LogP contribution is 2.34. The van der Waals surface area contributed by atoms with Gasteiger partial charge in [-0.2, -0.15) is 0 Å². The van der Waals surface area contributed by atoms with Crippen LogP contribution in [0.3, 0.4) is 0 Å². The lowest BCUT2D eigenvalue weighted by Gasteiger charge is -2.12. The second-order valence-corrected chi connectivity index (χ2v) is 7.04. The Bertz CT molecular complexity index is 1190. The summed E-state index contributed by atoms with van der Waals surface area (Å²) < 4.78 is 0. The van der Waals surface area contributed by atoms with Crippen LogP contribution >= 0.6 is 23.2 Å². The molecule has 0 fully saturated rings. The van der Waals surface area contributed by atoms with Crippen LogP contribution < -0.4 is 16.2 Å². The molecule has 0 spiro atoms. The fourth-order valence-corrected chi connectivity index (χ4v) is 3.00. The minimum atomic E-state index is -0.725. The number of halogens is 2. The fourth-order valence-electron chi connectivity index (χ4n) is 2.55. The summed E-state index contributed by atoms with van der Waals surface area (Å²) in [5, 5.41) is 25.7. The number of non-ortho nitro benzene ring substituents is 1. The average molecular weight is 478 g/mol. The first-order chi connectivity index (χ1) is 15.2. The van der Waals surface area contributed by atoms with Crippen LogP contribution in [0.1, 0.15) is 5.56 Å². The standard InChI is InChI=1S/C18H13Cl2N7O5/c19-11-3-6-14(13(20)8-11)23-17-16(27(31)32)18(22-9-21-17)25-24-15(28)7-10-1-4-12(5-2-10)26(29)30/h1-6,8-9H,7H2,(H,24,28)(H2,21,22,23,25). The maximum absolute atomic E-state index is 12.2. The molecule has 32 heavy (non-hydrogen) atoms. The van der Waals surface area contributed by atoms with E-state index in [0.717, 1.165) is 6.33 Å². The van der Waals surface area contributed by atoms with Crippen LogP contribution in [0.4, 0.5) is 28.7 Å². The third-order valence-electron chi connectivity index (χ3n) is 4.02. The van der Waals surface area contributed by atoms with Crippen LogP contribution in [0.5, 0.6) is 0 Å². The van der Waals surface area contributed by atoms with Crippen molar-refractivity contribution in [3.63, 3.8) is 0 Å². The SMILES string of the molecule is O=C(Cc1ccc([N+](=O)[O-])cc1)NNc1ncnc(Nc2ccc(Cl)cc2Cl)c1[N+](=O)[O-]. The Morgan fingerprint density at radius 3 is 2.28 bits per heavy atom. The molecule has 1 aromatic heterocycles. The molecule has 164 valence electrons. The van der Waals surface area contributed by atoms with E-state index < -0.39 is 21.4 Å². The van der Waals surface area contributed by atoms with Crippen LogP contribution in [0.25, 0.3) is 0 Å². The van der Waals surface area contributed by atoms with Crippen molar-refractivity contribution in [3.8, 4) is 0 Å². The van der Waals surface area contributed by atoms with Gasteiger partial charge in [-0.15, -0.1) is 0 Å². The van der Waals surface area contributed by atoms with Gasteiger partial charge in [0.05, 0.1) is 27.0 Å². The number of nitrogens with zero attached hydrogens (tertiary/aromatic N) is 4. The third kappa shape index (κ3) is 5.56. The maximum Gasteiger partial charge on any atom is 0.355 e. The number of anilines is 3. The molecule has 0 saturated carbocycles. The first-order valence-corrected chi connectivity index (χ1v) is 9.50. The Morgan fingerprint density at radius 2 is 1.66 bits per heavy atom. The topological polar surface area (TPSA) is 165 Å². The van der Waals surface area contributed by atoms with Gasteiger partial charge in [0.25, 0.3) is 5.69 Å². The van der Waals surface area contributed by atoms with Gasteiger partial charge in [-0.05, 0) is 23.8 Å². The molecule has 14 heteroatoms. The lowest BCUT2D eigenvalue weighted by Crippen LogP contribution is -2.31. The minimum Gasteiger partial charge on any atom is -0.333 e. The lowest BCUT2D eigenvalue weighted by molar-refractivity contribution is -0.384. The number of amides is 1. The first-order valence-electron chi connectivity index (χ1n) is 8.74. The number of benzene rings is 2. The number of hydrazine groups is 1. The van der Waals surface area contributed by atoms with E-state index in [0.29, 0.717) is 16.3 Å². The van der Waals surface area contributed by atoms with Gasteiger partial charge in [-0.1, -0.05) is 35.3 Å².